The van der Waals surface area contributed by atoms with Gasteiger partial charge in [-0.3, -0.25) is 10.1 Å². The van der Waals surface area contributed by atoms with Crippen molar-refractivity contribution in [1.82, 2.24) is 5.32 Å². The van der Waals surface area contributed by atoms with Crippen LogP contribution in [-0.4, -0.2) is 26.0 Å². The minimum Gasteiger partial charge on any atom is -0.493 e. The monoisotopic (exact) mass is 499 g/mol. The third kappa shape index (κ3) is 7.39. The van der Waals surface area contributed by atoms with Crippen molar-refractivity contribution < 1.29 is 17.9 Å². The van der Waals surface area contributed by atoms with E-state index >= 15 is 0 Å². The first kappa shape index (κ1) is 23.3. The number of primary sulfonamides is 1. The summed E-state index contributed by atoms with van der Waals surface area (Å²) in [4.78, 5) is 12.6. The average Bonchev–Trinajstić information content (AvgIpc) is 2.62. The van der Waals surface area contributed by atoms with E-state index in [-0.39, 0.29) is 10.0 Å². The van der Waals surface area contributed by atoms with E-state index in [9.17, 15) is 13.2 Å². The lowest BCUT2D eigenvalue weighted by Crippen LogP contribution is -2.34. The molecule has 0 saturated heterocycles. The number of amides is 1. The molecule has 2 aromatic carbocycles. The van der Waals surface area contributed by atoms with Crippen LogP contribution in [-0.2, 0) is 10.0 Å². The third-order valence-corrected chi connectivity index (χ3v) is 5.43. The molecule has 156 valence electrons. The molecule has 0 saturated carbocycles. The fraction of sp³-hybridized carbons (Fsp3) is 0.263. The van der Waals surface area contributed by atoms with E-state index in [1.807, 2.05) is 0 Å². The van der Waals surface area contributed by atoms with Crippen LogP contribution in [0.25, 0.3) is 0 Å². The molecule has 0 aliphatic carbocycles. The summed E-state index contributed by atoms with van der Waals surface area (Å²) in [5, 5.41) is 10.5. The van der Waals surface area contributed by atoms with E-state index in [1.54, 1.807) is 18.2 Å². The summed E-state index contributed by atoms with van der Waals surface area (Å²) in [7, 11) is -3.77. The third-order valence-electron chi connectivity index (χ3n) is 3.81. The molecule has 0 aliphatic heterocycles. The van der Waals surface area contributed by atoms with Gasteiger partial charge in [0.15, 0.2) is 5.11 Å². The Morgan fingerprint density at radius 2 is 1.86 bits per heavy atom. The van der Waals surface area contributed by atoms with Gasteiger partial charge in [0.05, 0.1) is 17.1 Å². The van der Waals surface area contributed by atoms with Gasteiger partial charge in [0, 0.05) is 10.2 Å². The molecule has 0 fully saturated rings. The molecule has 29 heavy (non-hydrogen) atoms. The van der Waals surface area contributed by atoms with E-state index in [2.05, 4.69) is 40.4 Å². The zero-order chi connectivity index (χ0) is 21.6. The zero-order valence-electron chi connectivity index (χ0n) is 15.9. The Kier molecular flexibility index (Phi) is 8.14. The van der Waals surface area contributed by atoms with Gasteiger partial charge in [0.2, 0.25) is 10.0 Å². The highest BCUT2D eigenvalue weighted by molar-refractivity contribution is 9.10. The summed E-state index contributed by atoms with van der Waals surface area (Å²) >= 11 is 8.53. The number of ether oxygens (including phenoxy) is 1. The SMILES string of the molecule is CC(C)CCOc1ccc(Br)cc1C(=O)NC(=S)Nc1ccc(S(N)(=O)=O)cc1. The molecule has 1 amide bonds. The average molecular weight is 500 g/mol. The van der Waals surface area contributed by atoms with Gasteiger partial charge in [0.1, 0.15) is 5.75 Å². The molecule has 0 unspecified atom stereocenters. The minimum atomic E-state index is -3.77. The zero-order valence-corrected chi connectivity index (χ0v) is 19.2. The largest absolute Gasteiger partial charge is 0.493 e. The number of thiocarbonyl (C=S) groups is 1. The van der Waals surface area contributed by atoms with Crippen LogP contribution in [0.4, 0.5) is 5.69 Å². The lowest BCUT2D eigenvalue weighted by molar-refractivity contribution is 0.0973. The van der Waals surface area contributed by atoms with Gasteiger partial charge >= 0.3 is 0 Å². The van der Waals surface area contributed by atoms with Crippen molar-refractivity contribution >= 4 is 54.9 Å². The van der Waals surface area contributed by atoms with Gasteiger partial charge in [-0.15, -0.1) is 0 Å². The van der Waals surface area contributed by atoms with Gasteiger partial charge in [0.25, 0.3) is 5.91 Å². The molecule has 0 radical (unpaired) electrons. The van der Waals surface area contributed by atoms with Crippen LogP contribution in [0.2, 0.25) is 0 Å². The van der Waals surface area contributed by atoms with Crippen molar-refractivity contribution in [2.24, 2.45) is 11.1 Å². The molecule has 0 atom stereocenters. The van der Waals surface area contributed by atoms with Crippen molar-refractivity contribution in [2.45, 2.75) is 25.2 Å². The second-order valence-electron chi connectivity index (χ2n) is 6.65. The predicted octanol–water partition coefficient (Wildman–Crippen LogP) is 3.65. The number of nitrogens with one attached hydrogen (secondary N) is 2. The number of nitrogens with two attached hydrogens (primary N) is 1. The summed E-state index contributed by atoms with van der Waals surface area (Å²) in [5.41, 5.74) is 0.849. The number of benzene rings is 2. The fourth-order valence-corrected chi connectivity index (χ4v) is 3.36. The van der Waals surface area contributed by atoms with Gasteiger partial charge in [-0.05, 0) is 67.0 Å². The van der Waals surface area contributed by atoms with Gasteiger partial charge in [-0.25, -0.2) is 13.6 Å². The summed E-state index contributed by atoms with van der Waals surface area (Å²) in [5.74, 6) is 0.524. The Morgan fingerprint density at radius 1 is 1.21 bits per heavy atom. The maximum absolute atomic E-state index is 12.7. The molecule has 2 rings (SSSR count). The smallest absolute Gasteiger partial charge is 0.261 e. The predicted molar refractivity (Wildman–Crippen MR) is 121 cm³/mol. The van der Waals surface area contributed by atoms with E-state index < -0.39 is 15.9 Å². The van der Waals surface area contributed by atoms with Crippen LogP contribution in [0, 0.1) is 5.92 Å². The lowest BCUT2D eigenvalue weighted by atomic mass is 10.1. The van der Waals surface area contributed by atoms with E-state index in [0.717, 1.165) is 10.9 Å². The maximum Gasteiger partial charge on any atom is 0.261 e. The molecular formula is C19H22BrN3O4S2. The van der Waals surface area contributed by atoms with Crippen LogP contribution in [0.15, 0.2) is 51.8 Å². The standard InChI is InChI=1S/C19H22BrN3O4S2/c1-12(2)9-10-27-17-8-3-13(20)11-16(17)18(24)23-19(28)22-14-4-6-15(7-5-14)29(21,25)26/h3-8,11-12H,9-10H2,1-2H3,(H2,21,25,26)(H2,22,23,24,28). The molecule has 0 heterocycles. The molecule has 7 nitrogen and oxygen atoms in total. The Labute approximate surface area is 184 Å². The van der Waals surface area contributed by atoms with Crippen LogP contribution < -0.4 is 20.5 Å². The van der Waals surface area contributed by atoms with Gasteiger partial charge in [-0.1, -0.05) is 29.8 Å². The summed E-state index contributed by atoms with van der Waals surface area (Å²) in [6.45, 7) is 4.69. The van der Waals surface area contributed by atoms with Gasteiger partial charge < -0.3 is 10.1 Å². The maximum atomic E-state index is 12.7. The van der Waals surface area contributed by atoms with Crippen molar-refractivity contribution in [3.63, 3.8) is 0 Å². The highest BCUT2D eigenvalue weighted by atomic mass is 79.9. The van der Waals surface area contributed by atoms with Crippen LogP contribution in [0.3, 0.4) is 0 Å². The topological polar surface area (TPSA) is 111 Å². The number of anilines is 1. The number of sulfonamides is 1. The first-order valence-electron chi connectivity index (χ1n) is 8.74. The number of hydrogen-bond donors (Lipinski definition) is 3. The van der Waals surface area contributed by atoms with Gasteiger partial charge in [-0.2, -0.15) is 0 Å². The normalized spacial score (nSPS) is 11.2. The summed E-state index contributed by atoms with van der Waals surface area (Å²) < 4.78 is 29.1. The molecule has 0 aromatic heterocycles. The van der Waals surface area contributed by atoms with Crippen molar-refractivity contribution in [2.75, 3.05) is 11.9 Å². The van der Waals surface area contributed by atoms with Crippen molar-refractivity contribution in [3.05, 3.63) is 52.5 Å². The second kappa shape index (κ2) is 10.1. The van der Waals surface area contributed by atoms with Crippen molar-refractivity contribution in [3.8, 4) is 5.75 Å². The molecule has 2 aromatic rings. The quantitative estimate of drug-likeness (QED) is 0.501. The number of carbonyl (C=O) groups is 1. The number of rotatable bonds is 7. The first-order valence-corrected chi connectivity index (χ1v) is 11.5. The molecular weight excluding hydrogens is 478 g/mol. The Hall–Kier alpha value is -2.01. The second-order valence-corrected chi connectivity index (χ2v) is 9.53. The number of carbonyl (C=O) groups excluding carboxylic acids is 1. The highest BCUT2D eigenvalue weighted by Gasteiger charge is 2.15. The minimum absolute atomic E-state index is 0.0182. The van der Waals surface area contributed by atoms with Crippen molar-refractivity contribution in [1.29, 1.82) is 0 Å². The van der Waals surface area contributed by atoms with Crippen LogP contribution in [0.1, 0.15) is 30.6 Å². The van der Waals surface area contributed by atoms with E-state index in [4.69, 9.17) is 22.1 Å². The Morgan fingerprint density at radius 3 is 2.45 bits per heavy atom. The molecule has 4 N–H and O–H groups in total. The molecule has 0 aliphatic rings. The summed E-state index contributed by atoms with van der Waals surface area (Å²) in [6.07, 6.45) is 0.867. The Bertz CT molecular complexity index is 993. The van der Waals surface area contributed by atoms with E-state index in [1.165, 1.54) is 24.3 Å². The number of halogens is 1. The van der Waals surface area contributed by atoms with Crippen LogP contribution >= 0.6 is 28.1 Å². The fourth-order valence-electron chi connectivity index (χ4n) is 2.27. The van der Waals surface area contributed by atoms with E-state index in [0.29, 0.717) is 29.5 Å². The summed E-state index contributed by atoms with van der Waals surface area (Å²) in [6, 6.07) is 10.9. The first-order chi connectivity index (χ1) is 13.6. The van der Waals surface area contributed by atoms with Crippen LogP contribution in [0.5, 0.6) is 5.75 Å². The molecule has 0 bridgehead atoms. The Balaban J connectivity index is 2.05. The number of hydrogen-bond acceptors (Lipinski definition) is 5. The highest BCUT2D eigenvalue weighted by Crippen LogP contribution is 2.24. The lowest BCUT2D eigenvalue weighted by Gasteiger charge is -2.14. The molecule has 10 heteroatoms. The molecule has 0 spiro atoms.